The normalized spacial score (nSPS) is 10.4. The molecule has 0 heterocycles. The van der Waals surface area contributed by atoms with E-state index in [1.807, 2.05) is 0 Å². The summed E-state index contributed by atoms with van der Waals surface area (Å²) in [5, 5.41) is 52.5. The van der Waals surface area contributed by atoms with E-state index in [2.05, 4.69) is 4.85 Å². The van der Waals surface area contributed by atoms with Crippen molar-refractivity contribution in [3.63, 3.8) is 0 Å². The van der Waals surface area contributed by atoms with Crippen LogP contribution in [0.1, 0.15) is 21.5 Å². The zero-order valence-electron chi connectivity index (χ0n) is 22.2. The van der Waals surface area contributed by atoms with E-state index in [1.54, 1.807) is 25.1 Å². The van der Waals surface area contributed by atoms with Crippen LogP contribution in [0.4, 0.5) is 34.1 Å². The maximum absolute atomic E-state index is 12.3. The van der Waals surface area contributed by atoms with Crippen LogP contribution in [-0.4, -0.2) is 30.4 Å². The molecule has 0 N–H and O–H groups in total. The third kappa shape index (κ3) is 7.02. The maximum atomic E-state index is 12.3. The van der Waals surface area contributed by atoms with Crippen LogP contribution >= 0.6 is 0 Å². The third-order valence-corrected chi connectivity index (χ3v) is 5.88. The van der Waals surface area contributed by atoms with Crippen molar-refractivity contribution in [2.24, 2.45) is 0 Å². The molecule has 0 atom stereocenters. The molecule has 0 saturated heterocycles. The summed E-state index contributed by atoms with van der Waals surface area (Å²) in [7, 11) is 0. The highest BCUT2D eigenvalue weighted by atomic mass is 16.6. The fraction of sp³-hybridized carbons (Fsp3) is 0.0370. The smallest absolute Gasteiger partial charge is 0.284 e. The number of ketones is 1. The molecule has 17 heteroatoms. The van der Waals surface area contributed by atoms with Gasteiger partial charge in [0.05, 0.1) is 48.9 Å². The first-order valence-corrected chi connectivity index (χ1v) is 11.9. The second-order valence-corrected chi connectivity index (χ2v) is 8.70. The van der Waals surface area contributed by atoms with Crippen LogP contribution in [0, 0.1) is 64.1 Å². The molecule has 0 unspecified atom stereocenters. The van der Waals surface area contributed by atoms with Gasteiger partial charge in [-0.15, -0.1) is 0 Å². The van der Waals surface area contributed by atoms with Gasteiger partial charge in [-0.25, -0.2) is 4.85 Å². The van der Waals surface area contributed by atoms with Crippen molar-refractivity contribution in [1.82, 2.24) is 0 Å². The number of nitro groups is 5. The molecule has 0 amide bonds. The molecule has 0 radical (unpaired) electrons. The summed E-state index contributed by atoms with van der Waals surface area (Å²) in [5.74, 6) is -0.421. The first-order valence-electron chi connectivity index (χ1n) is 11.9. The van der Waals surface area contributed by atoms with E-state index in [0.717, 1.165) is 23.8 Å². The van der Waals surface area contributed by atoms with E-state index < -0.39 is 41.8 Å². The Morgan fingerprint density at radius 2 is 1.11 bits per heavy atom. The Bertz CT molecular complexity index is 1870. The number of nitrogens with zero attached hydrogens (tertiary/aromatic N) is 6. The Morgan fingerprint density at radius 1 is 0.568 bits per heavy atom. The van der Waals surface area contributed by atoms with E-state index in [9.17, 15) is 55.4 Å². The van der Waals surface area contributed by atoms with Gasteiger partial charge < -0.3 is 0 Å². The summed E-state index contributed by atoms with van der Waals surface area (Å²) in [6, 6.07) is 17.1. The van der Waals surface area contributed by atoms with E-state index >= 15 is 0 Å². The molecule has 1 aliphatic rings. The molecule has 5 rings (SSSR count). The van der Waals surface area contributed by atoms with E-state index in [1.165, 1.54) is 42.5 Å². The number of nitro benzene ring substituents is 5. The Morgan fingerprint density at radius 3 is 1.59 bits per heavy atom. The molecule has 44 heavy (non-hydrogen) atoms. The standard InChI is InChI=1S/C14H8N2O5.C7H4N2O2.C6H4N2O4/c1-7-2-3-9-10(4-7)14(17)11-5-8(15(18)19)6-12(13(9)11)16(20)21;1-8-6-2-4-7(5-3-6)9(10)11;9-7(10)5-2-1-3-6(4-5)8(11)12/h2-6H,1H3;2-5H;1-4H. The molecule has 0 bridgehead atoms. The fourth-order valence-corrected chi connectivity index (χ4v) is 3.90. The van der Waals surface area contributed by atoms with Crippen molar-refractivity contribution in [3.05, 3.63) is 158 Å². The van der Waals surface area contributed by atoms with Crippen molar-refractivity contribution in [3.8, 4) is 11.1 Å². The highest BCUT2D eigenvalue weighted by Crippen LogP contribution is 2.44. The lowest BCUT2D eigenvalue weighted by Gasteiger charge is -2.02. The molecule has 17 nitrogen and oxygen atoms in total. The molecule has 0 aliphatic heterocycles. The lowest BCUT2D eigenvalue weighted by atomic mass is 10.0. The Balaban J connectivity index is 0.000000196. The molecule has 1 aliphatic carbocycles. The summed E-state index contributed by atoms with van der Waals surface area (Å²) >= 11 is 0. The Hall–Kier alpha value is -6.96. The number of non-ortho nitro benzene ring substituents is 4. The van der Waals surface area contributed by atoms with Gasteiger partial charge in [-0.1, -0.05) is 17.7 Å². The van der Waals surface area contributed by atoms with Crippen LogP contribution < -0.4 is 0 Å². The van der Waals surface area contributed by atoms with E-state index in [4.69, 9.17) is 6.57 Å². The van der Waals surface area contributed by atoms with Crippen molar-refractivity contribution >= 4 is 39.9 Å². The predicted molar refractivity (Wildman–Crippen MR) is 152 cm³/mol. The zero-order valence-corrected chi connectivity index (χ0v) is 22.2. The molecule has 4 aromatic rings. The molecule has 4 aromatic carbocycles. The molecule has 220 valence electrons. The molecular weight excluding hydrogens is 584 g/mol. The van der Waals surface area contributed by atoms with Crippen molar-refractivity contribution < 1.29 is 29.4 Å². The van der Waals surface area contributed by atoms with Gasteiger partial charge in [-0.3, -0.25) is 55.4 Å². The number of hydrogen-bond donors (Lipinski definition) is 0. The van der Waals surface area contributed by atoms with Crippen molar-refractivity contribution in [2.45, 2.75) is 6.92 Å². The lowest BCUT2D eigenvalue weighted by molar-refractivity contribution is -0.394. The summed E-state index contributed by atoms with van der Waals surface area (Å²) in [4.78, 5) is 64.7. The minimum absolute atomic E-state index is 0.0106. The minimum atomic E-state index is -0.741. The minimum Gasteiger partial charge on any atom is -0.289 e. The molecule has 0 saturated carbocycles. The number of hydrogen-bond acceptors (Lipinski definition) is 11. The van der Waals surface area contributed by atoms with Crippen LogP contribution in [0.15, 0.2) is 78.9 Å². The number of carbonyl (C=O) groups excluding carboxylic acids is 1. The first kappa shape index (κ1) is 31.6. The van der Waals surface area contributed by atoms with Gasteiger partial charge in [0.1, 0.15) is 0 Å². The van der Waals surface area contributed by atoms with Gasteiger partial charge in [-0.05, 0) is 31.2 Å². The summed E-state index contributed by atoms with van der Waals surface area (Å²) in [6.45, 7) is 8.38. The maximum Gasteiger partial charge on any atom is 0.284 e. The number of fused-ring (bicyclic) bond motifs is 3. The number of carbonyl (C=O) groups is 1. The second kappa shape index (κ2) is 13.1. The summed E-state index contributed by atoms with van der Waals surface area (Å²) in [6.07, 6.45) is 0. The molecule has 0 aromatic heterocycles. The van der Waals surface area contributed by atoms with Gasteiger partial charge in [-0.2, -0.15) is 0 Å². The zero-order chi connectivity index (χ0) is 32.7. The summed E-state index contributed by atoms with van der Waals surface area (Å²) in [5.41, 5.74) is 0.792. The topological polar surface area (TPSA) is 237 Å². The van der Waals surface area contributed by atoms with Crippen LogP contribution in [0.5, 0.6) is 0 Å². The second-order valence-electron chi connectivity index (χ2n) is 8.70. The van der Waals surface area contributed by atoms with Gasteiger partial charge in [0, 0.05) is 47.0 Å². The van der Waals surface area contributed by atoms with Gasteiger partial charge in [0.15, 0.2) is 11.5 Å². The average Bonchev–Trinajstić information content (AvgIpc) is 3.27. The monoisotopic (exact) mass is 600 g/mol. The molecular formula is C27H16N6O11. The largest absolute Gasteiger partial charge is 0.289 e. The van der Waals surface area contributed by atoms with Crippen LogP contribution in [0.25, 0.3) is 16.0 Å². The van der Waals surface area contributed by atoms with Crippen molar-refractivity contribution in [1.29, 1.82) is 0 Å². The molecule has 0 spiro atoms. The van der Waals surface area contributed by atoms with Crippen molar-refractivity contribution in [2.75, 3.05) is 0 Å². The van der Waals surface area contributed by atoms with Crippen LogP contribution in [-0.2, 0) is 0 Å². The van der Waals surface area contributed by atoms with Crippen LogP contribution in [0.2, 0.25) is 0 Å². The van der Waals surface area contributed by atoms with E-state index in [0.29, 0.717) is 16.8 Å². The lowest BCUT2D eigenvalue weighted by Crippen LogP contribution is -1.99. The molecule has 0 fully saturated rings. The quantitative estimate of drug-likeness (QED) is 0.117. The Kier molecular flexibility index (Phi) is 9.42. The first-order chi connectivity index (χ1) is 20.7. The highest BCUT2D eigenvalue weighted by molar-refractivity contribution is 6.23. The number of rotatable bonds is 5. The van der Waals surface area contributed by atoms with E-state index in [-0.39, 0.29) is 28.2 Å². The average molecular weight is 600 g/mol. The summed E-state index contributed by atoms with van der Waals surface area (Å²) < 4.78 is 0. The Labute approximate surface area is 245 Å². The fourth-order valence-electron chi connectivity index (χ4n) is 3.90. The SMILES string of the molecule is Cc1ccc2c(c1)C(=O)c1cc([N+](=O)[O-])cc([N+](=O)[O-])c1-2.O=[N+]([O-])c1cccc([N+](=O)[O-])c1.[C-]#[N+]c1ccc([N+](=O)[O-])cc1. The van der Waals surface area contributed by atoms with Gasteiger partial charge in [0.25, 0.3) is 28.4 Å². The van der Waals surface area contributed by atoms with Crippen LogP contribution in [0.3, 0.4) is 0 Å². The number of benzene rings is 4. The van der Waals surface area contributed by atoms with Gasteiger partial charge in [0.2, 0.25) is 0 Å². The highest BCUT2D eigenvalue weighted by Gasteiger charge is 2.35. The predicted octanol–water partition coefficient (Wildman–Crippen LogP) is 6.67. The number of aryl methyl sites for hydroxylation is 1. The van der Waals surface area contributed by atoms with Gasteiger partial charge >= 0.3 is 0 Å². The third-order valence-electron chi connectivity index (χ3n) is 5.88.